The fourth-order valence-electron chi connectivity index (χ4n) is 3.57. The van der Waals surface area contributed by atoms with Gasteiger partial charge in [0.05, 0.1) is 17.5 Å². The molecule has 0 radical (unpaired) electrons. The zero-order valence-corrected chi connectivity index (χ0v) is 16.3. The Morgan fingerprint density at radius 3 is 2.58 bits per heavy atom. The van der Waals surface area contributed by atoms with Gasteiger partial charge >= 0.3 is 0 Å². The molecule has 0 spiro atoms. The highest BCUT2D eigenvalue weighted by atomic mass is 79.9. The molecule has 2 aromatic carbocycles. The molecule has 26 heavy (non-hydrogen) atoms. The summed E-state index contributed by atoms with van der Waals surface area (Å²) in [7, 11) is 1.56. The maximum Gasteiger partial charge on any atom is 0.255 e. The minimum Gasteiger partial charge on any atom is -0.496 e. The predicted octanol–water partition coefficient (Wildman–Crippen LogP) is 3.88. The van der Waals surface area contributed by atoms with E-state index in [0.29, 0.717) is 30.7 Å². The van der Waals surface area contributed by atoms with E-state index >= 15 is 0 Å². The van der Waals surface area contributed by atoms with E-state index in [0.717, 1.165) is 12.0 Å². The van der Waals surface area contributed by atoms with Crippen LogP contribution in [0.2, 0.25) is 0 Å². The Balaban J connectivity index is 1.83. The molecule has 5 heteroatoms. The van der Waals surface area contributed by atoms with E-state index in [9.17, 15) is 9.59 Å². The van der Waals surface area contributed by atoms with Gasteiger partial charge in [-0.2, -0.15) is 0 Å². The Bertz CT molecular complexity index is 793. The van der Waals surface area contributed by atoms with Crippen molar-refractivity contribution in [3.8, 4) is 5.75 Å². The lowest BCUT2D eigenvalue weighted by molar-refractivity contribution is -0.120. The lowest BCUT2D eigenvalue weighted by Gasteiger charge is -2.39. The number of para-hydroxylation sites is 1. The topological polar surface area (TPSA) is 55.4 Å². The lowest BCUT2D eigenvalue weighted by Crippen LogP contribution is -2.46. The summed E-state index contributed by atoms with van der Waals surface area (Å²) < 4.78 is 5.29. The van der Waals surface area contributed by atoms with Crippen LogP contribution in [-0.2, 0) is 10.2 Å². The van der Waals surface area contributed by atoms with Crippen molar-refractivity contribution >= 4 is 27.6 Å². The molecule has 2 atom stereocenters. The Morgan fingerprint density at radius 1 is 1.19 bits per heavy atom. The quantitative estimate of drug-likeness (QED) is 0.753. The van der Waals surface area contributed by atoms with Gasteiger partial charge in [0.25, 0.3) is 5.91 Å². The molecule has 1 saturated carbocycles. The summed E-state index contributed by atoms with van der Waals surface area (Å²) in [5.41, 5.74) is 1.40. The second-order valence-electron chi connectivity index (χ2n) is 6.67. The second-order valence-corrected chi connectivity index (χ2v) is 7.77. The number of carbonyl (C=O) groups excluding carboxylic acids is 2. The van der Waals surface area contributed by atoms with Crippen molar-refractivity contribution in [2.75, 3.05) is 13.7 Å². The smallest absolute Gasteiger partial charge is 0.255 e. The monoisotopic (exact) mass is 415 g/mol. The number of rotatable bonds is 5. The van der Waals surface area contributed by atoms with Gasteiger partial charge in [-0.05, 0) is 30.5 Å². The largest absolute Gasteiger partial charge is 0.496 e. The number of methoxy groups -OCH3 is 1. The maximum absolute atomic E-state index is 12.7. The molecule has 0 heterocycles. The SMILES string of the molecule is COc1ccccc1C(=O)NCC1(c2ccccc2)CCC(=O)C(Br)C1. The number of benzene rings is 2. The summed E-state index contributed by atoms with van der Waals surface area (Å²) >= 11 is 3.52. The highest BCUT2D eigenvalue weighted by molar-refractivity contribution is 9.10. The van der Waals surface area contributed by atoms with Gasteiger partial charge in [-0.25, -0.2) is 0 Å². The molecule has 1 N–H and O–H groups in total. The van der Waals surface area contributed by atoms with Crippen LogP contribution >= 0.6 is 15.9 Å². The molecule has 1 fully saturated rings. The molecule has 4 nitrogen and oxygen atoms in total. The Hall–Kier alpha value is -2.14. The summed E-state index contributed by atoms with van der Waals surface area (Å²) in [5, 5.41) is 3.07. The first-order valence-corrected chi connectivity index (χ1v) is 9.61. The van der Waals surface area contributed by atoms with E-state index in [1.54, 1.807) is 19.2 Å². The summed E-state index contributed by atoms with van der Waals surface area (Å²) in [4.78, 5) is 24.5. The van der Waals surface area contributed by atoms with Crippen molar-refractivity contribution in [2.45, 2.75) is 29.5 Å². The fourth-order valence-corrected chi connectivity index (χ4v) is 4.42. The molecule has 0 aromatic heterocycles. The number of ketones is 1. The minimum atomic E-state index is -0.263. The number of hydrogen-bond acceptors (Lipinski definition) is 3. The van der Waals surface area contributed by atoms with Gasteiger partial charge in [0.2, 0.25) is 0 Å². The first kappa shape index (κ1) is 18.6. The molecule has 0 saturated heterocycles. The summed E-state index contributed by atoms with van der Waals surface area (Å²) in [6.45, 7) is 0.475. The number of halogens is 1. The van der Waals surface area contributed by atoms with Crippen LogP contribution in [0, 0.1) is 0 Å². The number of alkyl halides is 1. The zero-order valence-electron chi connectivity index (χ0n) is 14.7. The van der Waals surface area contributed by atoms with Gasteiger partial charge in [0.1, 0.15) is 11.5 Å². The number of carbonyl (C=O) groups is 2. The first-order chi connectivity index (χ1) is 12.6. The number of hydrogen-bond donors (Lipinski definition) is 1. The maximum atomic E-state index is 12.7. The predicted molar refractivity (Wildman–Crippen MR) is 105 cm³/mol. The Kier molecular flexibility index (Phi) is 5.77. The average Bonchev–Trinajstić information content (AvgIpc) is 2.69. The summed E-state index contributed by atoms with van der Waals surface area (Å²) in [6, 6.07) is 17.3. The zero-order chi connectivity index (χ0) is 18.6. The van der Waals surface area contributed by atoms with E-state index < -0.39 is 0 Å². The van der Waals surface area contributed by atoms with Crippen LogP contribution in [-0.4, -0.2) is 30.2 Å². The standard InChI is InChI=1S/C21H22BrNO3/c1-26-19-10-6-5-9-16(19)20(25)23-14-21(15-7-3-2-4-8-15)12-11-18(24)17(22)13-21/h2-10,17H,11-14H2,1H3,(H,23,25). The number of amides is 1. The molecule has 136 valence electrons. The third-order valence-electron chi connectivity index (χ3n) is 5.09. The van der Waals surface area contributed by atoms with Crippen molar-refractivity contribution in [3.63, 3.8) is 0 Å². The highest BCUT2D eigenvalue weighted by Gasteiger charge is 2.40. The molecule has 0 aliphatic heterocycles. The van der Waals surface area contributed by atoms with Crippen molar-refractivity contribution in [3.05, 3.63) is 65.7 Å². The first-order valence-electron chi connectivity index (χ1n) is 8.69. The van der Waals surface area contributed by atoms with E-state index in [4.69, 9.17) is 4.74 Å². The van der Waals surface area contributed by atoms with Crippen molar-refractivity contribution in [1.29, 1.82) is 0 Å². The van der Waals surface area contributed by atoms with Gasteiger partial charge in [-0.1, -0.05) is 58.4 Å². The van der Waals surface area contributed by atoms with Crippen molar-refractivity contribution in [1.82, 2.24) is 5.32 Å². The van der Waals surface area contributed by atoms with E-state index in [2.05, 4.69) is 33.4 Å². The van der Waals surface area contributed by atoms with E-state index in [-0.39, 0.29) is 21.9 Å². The van der Waals surface area contributed by atoms with Crippen LogP contribution in [0.4, 0.5) is 0 Å². The number of Topliss-reactive ketones (excluding diaryl/α,β-unsaturated/α-hetero) is 1. The van der Waals surface area contributed by atoms with Crippen LogP contribution < -0.4 is 10.1 Å². The van der Waals surface area contributed by atoms with Gasteiger partial charge in [-0.3, -0.25) is 9.59 Å². The van der Waals surface area contributed by atoms with Crippen LogP contribution in [0.15, 0.2) is 54.6 Å². The third-order valence-corrected chi connectivity index (χ3v) is 5.93. The molecule has 0 bridgehead atoms. The fraction of sp³-hybridized carbons (Fsp3) is 0.333. The second kappa shape index (κ2) is 8.04. The van der Waals surface area contributed by atoms with Crippen LogP contribution in [0.25, 0.3) is 0 Å². The van der Waals surface area contributed by atoms with Gasteiger partial charge in [0.15, 0.2) is 0 Å². The highest BCUT2D eigenvalue weighted by Crippen LogP contribution is 2.40. The van der Waals surface area contributed by atoms with Crippen molar-refractivity contribution in [2.24, 2.45) is 0 Å². The van der Waals surface area contributed by atoms with E-state index in [1.165, 1.54) is 0 Å². The molecule has 3 rings (SSSR count). The number of nitrogens with one attached hydrogen (secondary N) is 1. The molecule has 1 aliphatic rings. The molecule has 1 aliphatic carbocycles. The number of ether oxygens (including phenoxy) is 1. The molecule has 2 aromatic rings. The average molecular weight is 416 g/mol. The van der Waals surface area contributed by atoms with E-state index in [1.807, 2.05) is 30.3 Å². The molecule has 1 amide bonds. The van der Waals surface area contributed by atoms with Crippen LogP contribution in [0.1, 0.15) is 35.2 Å². The third kappa shape index (κ3) is 3.83. The summed E-state index contributed by atoms with van der Waals surface area (Å²) in [6.07, 6.45) is 1.90. The molecular formula is C21H22BrNO3. The normalized spacial score (nSPS) is 22.7. The van der Waals surface area contributed by atoms with Crippen LogP contribution in [0.3, 0.4) is 0 Å². The van der Waals surface area contributed by atoms with Crippen molar-refractivity contribution < 1.29 is 14.3 Å². The Morgan fingerprint density at radius 2 is 1.88 bits per heavy atom. The Labute approximate surface area is 162 Å². The van der Waals surface area contributed by atoms with Crippen LogP contribution in [0.5, 0.6) is 5.75 Å². The summed E-state index contributed by atoms with van der Waals surface area (Å²) in [5.74, 6) is 0.615. The van der Waals surface area contributed by atoms with Gasteiger partial charge in [-0.15, -0.1) is 0 Å². The van der Waals surface area contributed by atoms with Gasteiger partial charge in [0, 0.05) is 18.4 Å². The lowest BCUT2D eigenvalue weighted by atomic mass is 9.69. The minimum absolute atomic E-state index is 0.166. The molecule has 2 unspecified atom stereocenters. The van der Waals surface area contributed by atoms with Gasteiger partial charge < -0.3 is 10.1 Å². The molecular weight excluding hydrogens is 394 g/mol.